The summed E-state index contributed by atoms with van der Waals surface area (Å²) < 4.78 is 34.3. The molecule has 17 unspecified atom stereocenters. The predicted octanol–water partition coefficient (Wildman–Crippen LogP) is 8.94. The number of allylic oxidation sites excluding steroid dienone is 11. The van der Waals surface area contributed by atoms with Crippen molar-refractivity contribution in [1.82, 2.24) is 5.32 Å². The van der Waals surface area contributed by atoms with Crippen molar-refractivity contribution in [2.75, 3.05) is 26.4 Å². The van der Waals surface area contributed by atoms with Crippen molar-refractivity contribution in [1.29, 1.82) is 0 Å². The van der Waals surface area contributed by atoms with Crippen molar-refractivity contribution in [2.24, 2.45) is 0 Å². The van der Waals surface area contributed by atoms with Crippen LogP contribution in [0.5, 0.6) is 0 Å². The lowest BCUT2D eigenvalue weighted by molar-refractivity contribution is -0.379. The average Bonchev–Trinajstić information content (AvgIpc) is 2.44. The van der Waals surface area contributed by atoms with Crippen LogP contribution in [0.2, 0.25) is 0 Å². The molecule has 3 saturated heterocycles. The molecule has 1 amide bonds. The number of hydrogen-bond donors (Lipinski definition) is 12. The van der Waals surface area contributed by atoms with E-state index in [2.05, 4.69) is 79.9 Å². The SMILES string of the molecule is CC/C=C\C/C=C\C/C=C\C/C=C\C/C=C\CCCCCCCCCCCC(=O)NC(COC1OC(CO)C(OC2OC(CO)C(OC3OC(CO)C(O)C(O)C3O)C(O)C2O)C(O)C1O)C(O)/C=C/CCCCCCCCCCCCCCCCCCC. The molecule has 3 aliphatic heterocycles. The molecule has 19 nitrogen and oxygen atoms in total. The van der Waals surface area contributed by atoms with Gasteiger partial charge in [-0.25, -0.2) is 0 Å². The summed E-state index contributed by atoms with van der Waals surface area (Å²) in [4.78, 5) is 13.4. The van der Waals surface area contributed by atoms with E-state index in [1.807, 2.05) is 6.08 Å². The number of hydrogen-bond acceptors (Lipinski definition) is 18. The van der Waals surface area contributed by atoms with Crippen LogP contribution in [0, 0.1) is 0 Å². The molecule has 0 aliphatic carbocycles. The van der Waals surface area contributed by atoms with E-state index in [1.54, 1.807) is 6.08 Å². The van der Waals surface area contributed by atoms with Gasteiger partial charge in [0.2, 0.25) is 5.91 Å². The maximum Gasteiger partial charge on any atom is 0.220 e. The molecule has 3 heterocycles. The molecule has 516 valence electrons. The lowest BCUT2D eigenvalue weighted by Crippen LogP contribution is -2.66. The molecule has 17 atom stereocenters. The monoisotopic (exact) mass is 1270 g/mol. The Labute approximate surface area is 534 Å². The summed E-state index contributed by atoms with van der Waals surface area (Å²) in [5.74, 6) is -0.284. The first-order valence-corrected chi connectivity index (χ1v) is 34.7. The lowest BCUT2D eigenvalue weighted by atomic mass is 9.96. The Morgan fingerprint density at radius 1 is 0.416 bits per heavy atom. The van der Waals surface area contributed by atoms with Gasteiger partial charge in [0.15, 0.2) is 18.9 Å². The zero-order valence-corrected chi connectivity index (χ0v) is 54.4. The largest absolute Gasteiger partial charge is 0.394 e. The second-order valence-electron chi connectivity index (χ2n) is 24.6. The van der Waals surface area contributed by atoms with Gasteiger partial charge >= 0.3 is 0 Å². The summed E-state index contributed by atoms with van der Waals surface area (Å²) in [5.41, 5.74) is 0. The van der Waals surface area contributed by atoms with Crippen molar-refractivity contribution < 1.29 is 89.4 Å². The number of rotatable bonds is 52. The first kappa shape index (κ1) is 80.5. The Hall–Kier alpha value is -2.77. The van der Waals surface area contributed by atoms with Gasteiger partial charge in [0.05, 0.1) is 38.6 Å². The maximum atomic E-state index is 13.4. The van der Waals surface area contributed by atoms with Crippen molar-refractivity contribution in [3.8, 4) is 0 Å². The average molecular weight is 1270 g/mol. The standard InChI is InChI=1S/C70H123NO18/c1-3-5-7-9-11-13-15-17-19-21-23-24-25-26-27-28-30-32-34-36-38-40-42-44-46-48-58(76)71-53(54(75)47-45-43-41-39-37-35-33-31-29-22-20-18-16-14-12-10-8-6-4-2)52-84-68-64(82)61(79)66(56(50-73)86-68)89-70-65(83)62(80)67(57(51-74)87-70)88-69-63(81)60(78)59(77)55(49-72)85-69/h5,7,11,13,17,19,23-24,26-27,45,47,53-57,59-70,72-75,77-83H,3-4,6,8-10,12,14-16,18,20-22,25,28-44,46,48-52H2,1-2H3,(H,71,76)/b7-5-,13-11-,19-17-,24-23-,27-26-,47-45+. The summed E-state index contributed by atoms with van der Waals surface area (Å²) in [5, 5.41) is 121. The maximum absolute atomic E-state index is 13.4. The number of unbranched alkanes of at least 4 members (excludes halogenated alkanes) is 26. The Morgan fingerprint density at radius 3 is 1.21 bits per heavy atom. The molecule has 0 bridgehead atoms. The van der Waals surface area contributed by atoms with E-state index in [4.69, 9.17) is 28.4 Å². The van der Waals surface area contributed by atoms with E-state index in [9.17, 15) is 61.0 Å². The van der Waals surface area contributed by atoms with Crippen LogP contribution in [0.3, 0.4) is 0 Å². The van der Waals surface area contributed by atoms with Crippen LogP contribution in [-0.2, 0) is 33.2 Å². The predicted molar refractivity (Wildman–Crippen MR) is 346 cm³/mol. The molecule has 3 fully saturated rings. The highest BCUT2D eigenvalue weighted by molar-refractivity contribution is 5.76. The lowest BCUT2D eigenvalue weighted by Gasteiger charge is -2.48. The van der Waals surface area contributed by atoms with E-state index in [1.165, 1.54) is 116 Å². The number of aliphatic hydroxyl groups excluding tert-OH is 11. The fourth-order valence-electron chi connectivity index (χ4n) is 11.4. The Kier molecular flexibility index (Phi) is 46.7. The van der Waals surface area contributed by atoms with Gasteiger partial charge in [0.1, 0.15) is 73.2 Å². The number of aliphatic hydroxyl groups is 11. The van der Waals surface area contributed by atoms with Gasteiger partial charge in [-0.1, -0.05) is 234 Å². The smallest absolute Gasteiger partial charge is 0.220 e. The van der Waals surface area contributed by atoms with Crippen LogP contribution >= 0.6 is 0 Å². The van der Waals surface area contributed by atoms with Gasteiger partial charge in [-0.15, -0.1) is 0 Å². The molecule has 89 heavy (non-hydrogen) atoms. The number of amides is 1. The quantitative estimate of drug-likeness (QED) is 0.0200. The normalized spacial score (nSPS) is 28.7. The zero-order valence-electron chi connectivity index (χ0n) is 54.4. The molecule has 0 radical (unpaired) electrons. The van der Waals surface area contributed by atoms with Gasteiger partial charge in [-0.2, -0.15) is 0 Å². The first-order valence-electron chi connectivity index (χ1n) is 34.7. The zero-order chi connectivity index (χ0) is 64.7. The Balaban J connectivity index is 1.45. The van der Waals surface area contributed by atoms with Crippen LogP contribution in [0.15, 0.2) is 72.9 Å². The van der Waals surface area contributed by atoms with Crippen molar-refractivity contribution in [2.45, 2.75) is 336 Å². The van der Waals surface area contributed by atoms with E-state index < -0.39 is 124 Å². The van der Waals surface area contributed by atoms with Gasteiger partial charge < -0.3 is 89.9 Å². The van der Waals surface area contributed by atoms with Crippen LogP contribution < -0.4 is 5.32 Å². The van der Waals surface area contributed by atoms with Gasteiger partial charge in [0.25, 0.3) is 0 Å². The molecule has 12 N–H and O–H groups in total. The highest BCUT2D eigenvalue weighted by Gasteiger charge is 2.53. The second-order valence-corrected chi connectivity index (χ2v) is 24.6. The number of nitrogens with one attached hydrogen (secondary N) is 1. The van der Waals surface area contributed by atoms with Gasteiger partial charge in [-0.05, 0) is 64.2 Å². The van der Waals surface area contributed by atoms with Crippen molar-refractivity contribution in [3.63, 3.8) is 0 Å². The molecule has 0 spiro atoms. The number of carbonyl (C=O) groups excluding carboxylic acids is 1. The minimum Gasteiger partial charge on any atom is -0.394 e. The van der Waals surface area contributed by atoms with Crippen LogP contribution in [-0.4, -0.2) is 193 Å². The molecule has 0 aromatic heterocycles. The molecular weight excluding hydrogens is 1140 g/mol. The number of ether oxygens (including phenoxy) is 6. The summed E-state index contributed by atoms with van der Waals surface area (Å²) in [6.45, 7) is 1.62. The molecule has 0 aromatic carbocycles. The highest BCUT2D eigenvalue weighted by atomic mass is 16.8. The van der Waals surface area contributed by atoms with Crippen molar-refractivity contribution >= 4 is 5.91 Å². The summed E-state index contributed by atoms with van der Waals surface area (Å²) >= 11 is 0. The fraction of sp³-hybridized carbons (Fsp3) is 0.814. The van der Waals surface area contributed by atoms with E-state index in [0.29, 0.717) is 6.42 Å². The summed E-state index contributed by atoms with van der Waals surface area (Å²) in [7, 11) is 0. The van der Waals surface area contributed by atoms with Crippen molar-refractivity contribution in [3.05, 3.63) is 72.9 Å². The minimum atomic E-state index is -1.98. The third kappa shape index (κ3) is 33.8. The number of carbonyl (C=O) groups is 1. The molecule has 19 heteroatoms. The third-order valence-corrected chi connectivity index (χ3v) is 17.0. The van der Waals surface area contributed by atoms with E-state index in [0.717, 1.165) is 89.9 Å². The summed E-state index contributed by atoms with van der Waals surface area (Å²) in [6, 6.07) is -0.981. The Morgan fingerprint density at radius 2 is 0.775 bits per heavy atom. The molecule has 3 rings (SSSR count). The van der Waals surface area contributed by atoms with Gasteiger partial charge in [-0.3, -0.25) is 4.79 Å². The van der Waals surface area contributed by atoms with E-state index in [-0.39, 0.29) is 18.9 Å². The fourth-order valence-corrected chi connectivity index (χ4v) is 11.4. The van der Waals surface area contributed by atoms with Crippen LogP contribution in [0.25, 0.3) is 0 Å². The third-order valence-electron chi connectivity index (χ3n) is 17.0. The molecular formula is C70H123NO18. The summed E-state index contributed by atoms with van der Waals surface area (Å²) in [6.07, 6.45) is 37.2. The van der Waals surface area contributed by atoms with Crippen LogP contribution in [0.1, 0.15) is 232 Å². The highest BCUT2D eigenvalue weighted by Crippen LogP contribution is 2.33. The molecule has 0 aromatic rings. The topological polar surface area (TPSA) is 307 Å². The molecule has 3 aliphatic rings. The minimum absolute atomic E-state index is 0.233. The van der Waals surface area contributed by atoms with E-state index >= 15 is 0 Å². The Bertz CT molecular complexity index is 1900. The van der Waals surface area contributed by atoms with Gasteiger partial charge in [0, 0.05) is 6.42 Å². The first-order chi connectivity index (χ1) is 43.3. The van der Waals surface area contributed by atoms with Crippen LogP contribution in [0.4, 0.5) is 0 Å². The second kappa shape index (κ2) is 51.6. The molecule has 0 saturated carbocycles.